The van der Waals surface area contributed by atoms with Gasteiger partial charge in [-0.05, 0) is 96.9 Å². The number of aliphatic carboxylic acids is 5. The van der Waals surface area contributed by atoms with Crippen LogP contribution in [0.1, 0.15) is 96.3 Å². The van der Waals surface area contributed by atoms with E-state index >= 15 is 0 Å². The van der Waals surface area contributed by atoms with E-state index in [0.717, 1.165) is 64.2 Å². The number of unbranched alkanes of at least 4 members (excludes halogenated alkanes) is 5. The van der Waals surface area contributed by atoms with Gasteiger partial charge in [-0.15, -0.1) is 37.2 Å². The topological polar surface area (TPSA) is 510 Å². The van der Waals surface area contributed by atoms with E-state index in [1.165, 1.54) is 0 Å². The molecule has 5 atom stereocenters. The van der Waals surface area contributed by atoms with Crippen LogP contribution >= 0.6 is 37.2 Å². The molecule has 0 rings (SSSR count). The van der Waals surface area contributed by atoms with Crippen LogP contribution in [0.3, 0.4) is 0 Å². The largest absolute Gasteiger partial charge is 0.480 e. The average molecular weight is 876 g/mol. The van der Waals surface area contributed by atoms with Crippen LogP contribution in [-0.2, 0) is 24.0 Å². The van der Waals surface area contributed by atoms with Crippen LogP contribution in [0.4, 0.5) is 0 Å². The molecule has 0 fully saturated rings. The maximum Gasteiger partial charge on any atom is 0.320 e. The standard InChI is InChI=1S/5C6H14N2O2.3ClH.2H2O/c5*7-4-2-1-3-5(8)6(9)10;;;;;/h5*5H,1-4,7-8H2,(H,9,10);3*1H;2*1H2/t4*5-;;;;;;/m1100....../s1. The smallest absolute Gasteiger partial charge is 0.320 e. The lowest BCUT2D eigenvalue weighted by Gasteiger charge is -2.03. The van der Waals surface area contributed by atoms with E-state index in [1.807, 2.05) is 0 Å². The number of carbonyl (C=O) groups is 5. The molecule has 29 N–H and O–H groups in total. The fourth-order valence-corrected chi connectivity index (χ4v) is 3.16. The molecule has 0 aliphatic carbocycles. The van der Waals surface area contributed by atoms with E-state index in [2.05, 4.69) is 0 Å². The molecular formula is C30H77Cl3N10O12. The van der Waals surface area contributed by atoms with Crippen LogP contribution in [-0.4, -0.2) is 129 Å². The van der Waals surface area contributed by atoms with Crippen molar-refractivity contribution in [2.75, 3.05) is 32.7 Å². The molecule has 0 radical (unpaired) electrons. The quantitative estimate of drug-likeness (QED) is 0.0413. The molecular weight excluding hydrogens is 799 g/mol. The fourth-order valence-electron chi connectivity index (χ4n) is 3.16. The molecule has 0 heterocycles. The van der Waals surface area contributed by atoms with Crippen LogP contribution in [0.2, 0.25) is 0 Å². The van der Waals surface area contributed by atoms with Gasteiger partial charge in [0.1, 0.15) is 30.2 Å². The second-order valence-corrected chi connectivity index (χ2v) is 11.1. The zero-order valence-electron chi connectivity index (χ0n) is 31.8. The molecule has 0 aromatic rings. The van der Waals surface area contributed by atoms with Gasteiger partial charge >= 0.3 is 29.8 Å². The molecule has 0 aromatic heterocycles. The van der Waals surface area contributed by atoms with Gasteiger partial charge in [-0.2, -0.15) is 0 Å². The Labute approximate surface area is 343 Å². The summed E-state index contributed by atoms with van der Waals surface area (Å²) >= 11 is 0. The van der Waals surface area contributed by atoms with Crippen molar-refractivity contribution in [1.82, 2.24) is 0 Å². The molecule has 22 nitrogen and oxygen atoms in total. The number of carboxylic acids is 5. The number of hydrogen-bond donors (Lipinski definition) is 15. The molecule has 0 aliphatic heterocycles. The minimum atomic E-state index is -0.933. The summed E-state index contributed by atoms with van der Waals surface area (Å²) in [4.78, 5) is 50.7. The molecule has 55 heavy (non-hydrogen) atoms. The summed E-state index contributed by atoms with van der Waals surface area (Å²) in [7, 11) is 0. The summed E-state index contributed by atoms with van der Waals surface area (Å²) in [5, 5.41) is 41.6. The van der Waals surface area contributed by atoms with Gasteiger partial charge in [-0.1, -0.05) is 32.1 Å². The molecule has 0 bridgehead atoms. The van der Waals surface area contributed by atoms with Crippen LogP contribution in [0, 0.1) is 0 Å². The summed E-state index contributed by atoms with van der Waals surface area (Å²) in [6.45, 7) is 3.02. The van der Waals surface area contributed by atoms with Crippen molar-refractivity contribution in [2.24, 2.45) is 57.3 Å². The average Bonchev–Trinajstić information content (AvgIpc) is 3.06. The molecule has 1 unspecified atom stereocenters. The van der Waals surface area contributed by atoms with E-state index < -0.39 is 60.1 Å². The van der Waals surface area contributed by atoms with Gasteiger partial charge in [0.15, 0.2) is 0 Å². The third kappa shape index (κ3) is 70.1. The number of hydrogen-bond acceptors (Lipinski definition) is 15. The molecule has 0 aliphatic rings. The van der Waals surface area contributed by atoms with Gasteiger partial charge in [0.2, 0.25) is 0 Å². The third-order valence-corrected chi connectivity index (χ3v) is 6.43. The van der Waals surface area contributed by atoms with Crippen molar-refractivity contribution in [1.29, 1.82) is 0 Å². The highest BCUT2D eigenvalue weighted by atomic mass is 35.5. The van der Waals surface area contributed by atoms with E-state index in [1.54, 1.807) is 0 Å². The highest BCUT2D eigenvalue weighted by molar-refractivity contribution is 5.86. The van der Waals surface area contributed by atoms with Gasteiger partial charge in [0.05, 0.1) is 0 Å². The first kappa shape index (κ1) is 77.3. The minimum absolute atomic E-state index is 0. The minimum Gasteiger partial charge on any atom is -0.480 e. The summed E-state index contributed by atoms with van der Waals surface area (Å²) < 4.78 is 0. The highest BCUT2D eigenvalue weighted by Crippen LogP contribution is 1.99. The molecule has 0 amide bonds. The maximum absolute atomic E-state index is 10.1. The predicted octanol–water partition coefficient (Wildman–Crippen LogP) is -2.75. The molecule has 340 valence electrons. The van der Waals surface area contributed by atoms with Crippen molar-refractivity contribution in [2.45, 2.75) is 127 Å². The van der Waals surface area contributed by atoms with Crippen LogP contribution < -0.4 is 57.3 Å². The Kier molecular flexibility index (Phi) is 82.1. The summed E-state index contributed by atoms with van der Waals surface area (Å²) in [5.74, 6) is -4.67. The SMILES string of the molecule is Cl.Cl.Cl.NCCCCC(N)C(=O)O.NCCCC[C@@H](N)C(=O)O.NCCCC[C@@H](N)C(=O)O.NCCCC[C@H](N)C(=O)O.NCCCC[C@H](N)C(=O)O.O.O. The number of nitrogens with two attached hydrogens (primary N) is 10. The number of carboxylic acid groups (broad SMARTS) is 5. The van der Waals surface area contributed by atoms with Crippen molar-refractivity contribution >= 4 is 67.1 Å². The zero-order valence-corrected chi connectivity index (χ0v) is 34.3. The van der Waals surface area contributed by atoms with Crippen molar-refractivity contribution in [3.05, 3.63) is 0 Å². The molecule has 0 saturated heterocycles. The van der Waals surface area contributed by atoms with Crippen molar-refractivity contribution in [3.8, 4) is 0 Å². The van der Waals surface area contributed by atoms with E-state index in [9.17, 15) is 24.0 Å². The van der Waals surface area contributed by atoms with E-state index in [4.69, 9.17) is 82.9 Å². The second-order valence-electron chi connectivity index (χ2n) is 11.1. The highest BCUT2D eigenvalue weighted by Gasteiger charge is 2.12. The van der Waals surface area contributed by atoms with Crippen molar-refractivity contribution < 1.29 is 60.5 Å². The maximum atomic E-state index is 10.1. The van der Waals surface area contributed by atoms with Gasteiger partial charge < -0.3 is 93.8 Å². The number of rotatable bonds is 25. The lowest BCUT2D eigenvalue weighted by Crippen LogP contribution is -2.29. The summed E-state index contributed by atoms with van der Waals surface area (Å²) in [6.07, 6.45) is 10.8. The van der Waals surface area contributed by atoms with Crippen LogP contribution in [0.15, 0.2) is 0 Å². The second kappa shape index (κ2) is 58.4. The van der Waals surface area contributed by atoms with Gasteiger partial charge in [0.25, 0.3) is 0 Å². The van der Waals surface area contributed by atoms with Gasteiger partial charge in [-0.3, -0.25) is 24.0 Å². The Bertz CT molecular complexity index is 702. The first-order chi connectivity index (χ1) is 23.4. The third-order valence-electron chi connectivity index (χ3n) is 6.43. The molecule has 0 saturated carbocycles. The lowest BCUT2D eigenvalue weighted by atomic mass is 10.1. The fraction of sp³-hybridized carbons (Fsp3) is 0.833. The molecule has 25 heteroatoms. The zero-order chi connectivity index (χ0) is 39.9. The Morgan fingerprint density at radius 2 is 0.418 bits per heavy atom. The normalized spacial score (nSPS) is 11.8. The van der Waals surface area contributed by atoms with Crippen LogP contribution in [0.25, 0.3) is 0 Å². The first-order valence-corrected chi connectivity index (χ1v) is 16.8. The van der Waals surface area contributed by atoms with Crippen LogP contribution in [0.5, 0.6) is 0 Å². The first-order valence-electron chi connectivity index (χ1n) is 16.8. The molecule has 0 aromatic carbocycles. The monoisotopic (exact) mass is 874 g/mol. The Morgan fingerprint density at radius 1 is 0.309 bits per heavy atom. The predicted molar refractivity (Wildman–Crippen MR) is 222 cm³/mol. The Balaban J connectivity index is -0.0000000562. The lowest BCUT2D eigenvalue weighted by molar-refractivity contribution is -0.139. The number of halogens is 3. The summed E-state index contributed by atoms with van der Waals surface area (Å²) in [6, 6.07) is -3.58. The van der Waals surface area contributed by atoms with E-state index in [0.29, 0.717) is 64.8 Å². The van der Waals surface area contributed by atoms with Gasteiger partial charge in [-0.25, -0.2) is 0 Å². The Morgan fingerprint density at radius 3 is 0.491 bits per heavy atom. The molecule has 0 spiro atoms. The van der Waals surface area contributed by atoms with Crippen molar-refractivity contribution in [3.63, 3.8) is 0 Å². The van der Waals surface area contributed by atoms with Gasteiger partial charge in [0, 0.05) is 0 Å². The Hall–Kier alpha value is -2.26. The van der Waals surface area contributed by atoms with E-state index in [-0.39, 0.29) is 48.2 Å². The summed E-state index contributed by atoms with van der Waals surface area (Å²) in [5.41, 5.74) is 52.1.